The molecule has 6 heteroatoms. The summed E-state index contributed by atoms with van der Waals surface area (Å²) in [5.41, 5.74) is 13.9. The third kappa shape index (κ3) is 6.85. The van der Waals surface area contributed by atoms with E-state index in [2.05, 4.69) is 105 Å². The van der Waals surface area contributed by atoms with E-state index in [1.54, 1.807) is 11.1 Å². The van der Waals surface area contributed by atoms with Crippen LogP contribution in [0.15, 0.2) is 85.3 Å². The Hall–Kier alpha value is -4.47. The zero-order valence-corrected chi connectivity index (χ0v) is 34.1. The van der Waals surface area contributed by atoms with Crippen molar-refractivity contribution < 1.29 is 25.8 Å². The Balaban J connectivity index is 0.00000413. The van der Waals surface area contributed by atoms with Crippen LogP contribution in [0.4, 0.5) is 0 Å². The Morgan fingerprint density at radius 3 is 2.09 bits per heavy atom. The van der Waals surface area contributed by atoms with Gasteiger partial charge >= 0.3 is 21.1 Å². The van der Waals surface area contributed by atoms with E-state index in [1.165, 1.54) is 86.5 Å². The average molecular weight is 892 g/mol. The molecule has 2 aliphatic carbocycles. The summed E-state index contributed by atoms with van der Waals surface area (Å²) >= 11 is 0. The number of rotatable bonds is 7. The van der Waals surface area contributed by atoms with Crippen molar-refractivity contribution in [3.63, 3.8) is 0 Å². The van der Waals surface area contributed by atoms with Crippen molar-refractivity contribution in [2.24, 2.45) is 0 Å². The second-order valence-electron chi connectivity index (χ2n) is 15.7. The number of pyridine rings is 1. The van der Waals surface area contributed by atoms with E-state index in [1.807, 2.05) is 29.1 Å². The first kappa shape index (κ1) is 36.5. The molecule has 0 aliphatic heterocycles. The molecule has 3 aromatic heterocycles. The van der Waals surface area contributed by atoms with Crippen molar-refractivity contribution in [2.45, 2.75) is 104 Å². The van der Waals surface area contributed by atoms with E-state index in [-0.39, 0.29) is 21.1 Å². The maximum Gasteiger partial charge on any atom is 2.00 e. The van der Waals surface area contributed by atoms with Crippen LogP contribution in [0.1, 0.15) is 109 Å². The summed E-state index contributed by atoms with van der Waals surface area (Å²) in [6.45, 7) is 8.89. The zero-order chi connectivity index (χ0) is 36.1. The minimum absolute atomic E-state index is 0. The summed E-state index contributed by atoms with van der Waals surface area (Å²) in [7, 11) is 0. The molecule has 0 saturated heterocycles. The van der Waals surface area contributed by atoms with Crippen LogP contribution in [0.25, 0.3) is 44.4 Å². The van der Waals surface area contributed by atoms with E-state index in [4.69, 9.17) is 14.8 Å². The average Bonchev–Trinajstić information content (AvgIpc) is 3.78. The largest absolute Gasteiger partial charge is 2.00 e. The zero-order valence-electron chi connectivity index (χ0n) is 31.8. The van der Waals surface area contributed by atoms with Gasteiger partial charge in [0, 0.05) is 35.0 Å². The second-order valence-corrected chi connectivity index (χ2v) is 15.7. The number of aromatic nitrogens is 4. The molecular weight excluding hydrogens is 844 g/mol. The summed E-state index contributed by atoms with van der Waals surface area (Å²) in [6.07, 6.45) is 19.4. The SMILES string of the molecule is Cc1cc(Oc2[c-]c3c(cc2)c2ccccc2n3-c2cc(C)ccn2)[c-]c(-n2cc(-c3c(C4CCCCC4)c(C)cc(C)c3C3CCCCC3)cn2)c1.[Pt+2]. The minimum atomic E-state index is 0. The van der Waals surface area contributed by atoms with Gasteiger partial charge < -0.3 is 9.30 Å². The van der Waals surface area contributed by atoms with Crippen molar-refractivity contribution in [1.29, 1.82) is 0 Å². The molecule has 5 nitrogen and oxygen atoms in total. The number of nitrogens with zero attached hydrogens (tertiary/aromatic N) is 4. The molecule has 0 bridgehead atoms. The topological polar surface area (TPSA) is 44.9 Å². The molecule has 0 spiro atoms. The molecule has 2 aliphatic rings. The third-order valence-corrected chi connectivity index (χ3v) is 11.8. The van der Waals surface area contributed by atoms with Crippen LogP contribution in [0.5, 0.6) is 11.5 Å². The normalized spacial score (nSPS) is 15.5. The standard InChI is InChI=1S/C48H48N4O.Pt/c1-31-21-22-49-45(25-31)52-43-18-12-11-17-41(43)42-20-19-39(28-44(42)52)53-40-24-32(2)23-38(27-40)51-30-37(29-50-51)48-46(35-13-7-5-8-14-35)33(3)26-34(4)47(48)36-15-9-6-10-16-36;/h11-12,17-26,29-30,35-36H,5-10,13-16H2,1-4H3;/q-2;+2. The predicted octanol–water partition coefficient (Wildman–Crippen LogP) is 12.8. The summed E-state index contributed by atoms with van der Waals surface area (Å²) in [6, 6.07) is 30.6. The summed E-state index contributed by atoms with van der Waals surface area (Å²) < 4.78 is 10.7. The predicted molar refractivity (Wildman–Crippen MR) is 216 cm³/mol. The van der Waals surface area contributed by atoms with Crippen molar-refractivity contribution in [2.75, 3.05) is 0 Å². The maximum atomic E-state index is 6.57. The Labute approximate surface area is 334 Å². The molecule has 2 saturated carbocycles. The van der Waals surface area contributed by atoms with Gasteiger partial charge in [0.2, 0.25) is 0 Å². The monoisotopic (exact) mass is 891 g/mol. The smallest absolute Gasteiger partial charge is 0.509 e. The number of benzene rings is 4. The first-order valence-corrected chi connectivity index (χ1v) is 19.7. The van der Waals surface area contributed by atoms with Crippen molar-refractivity contribution in [3.8, 4) is 34.1 Å². The van der Waals surface area contributed by atoms with Gasteiger partial charge in [-0.25, -0.2) is 4.98 Å². The van der Waals surface area contributed by atoms with Crippen LogP contribution < -0.4 is 4.74 Å². The van der Waals surface area contributed by atoms with Gasteiger partial charge in [-0.1, -0.05) is 75.2 Å². The molecule has 9 rings (SSSR count). The summed E-state index contributed by atoms with van der Waals surface area (Å²) in [5, 5.41) is 7.29. The molecule has 276 valence electrons. The second kappa shape index (κ2) is 15.3. The maximum absolute atomic E-state index is 6.57. The Bertz CT molecular complexity index is 2420. The van der Waals surface area contributed by atoms with Crippen molar-refractivity contribution in [3.05, 3.63) is 131 Å². The van der Waals surface area contributed by atoms with Crippen molar-refractivity contribution in [1.82, 2.24) is 19.3 Å². The van der Waals surface area contributed by atoms with Gasteiger partial charge in [0.15, 0.2) is 0 Å². The van der Waals surface area contributed by atoms with E-state index in [0.717, 1.165) is 44.4 Å². The van der Waals surface area contributed by atoms with E-state index < -0.39 is 0 Å². The number of aryl methyl sites for hydroxylation is 4. The first-order chi connectivity index (χ1) is 25.9. The molecular formula is C48H48N4OPt. The van der Waals surface area contributed by atoms with Crippen LogP contribution in [-0.4, -0.2) is 19.3 Å². The number of hydrogen-bond acceptors (Lipinski definition) is 3. The third-order valence-electron chi connectivity index (χ3n) is 11.8. The minimum Gasteiger partial charge on any atom is -0.509 e. The van der Waals surface area contributed by atoms with Gasteiger partial charge in [-0.05, 0) is 121 Å². The number of para-hydroxylation sites is 1. The van der Waals surface area contributed by atoms with Gasteiger partial charge in [0.25, 0.3) is 0 Å². The summed E-state index contributed by atoms with van der Waals surface area (Å²) in [4.78, 5) is 4.74. The first-order valence-electron chi connectivity index (χ1n) is 19.7. The van der Waals surface area contributed by atoms with Crippen LogP contribution in [-0.2, 0) is 21.1 Å². The molecule has 4 aromatic carbocycles. The molecule has 54 heavy (non-hydrogen) atoms. The fraction of sp³-hybridized carbons (Fsp3) is 0.333. The summed E-state index contributed by atoms with van der Waals surface area (Å²) in [5.74, 6) is 3.37. The number of hydrogen-bond donors (Lipinski definition) is 0. The molecule has 0 N–H and O–H groups in total. The molecule has 3 heterocycles. The van der Waals surface area contributed by atoms with Crippen molar-refractivity contribution >= 4 is 21.8 Å². The molecule has 0 atom stereocenters. The fourth-order valence-corrected chi connectivity index (χ4v) is 9.52. The molecule has 0 radical (unpaired) electrons. The molecule has 0 unspecified atom stereocenters. The molecule has 2 fully saturated rings. The molecule has 0 amide bonds. The van der Waals surface area contributed by atoms with Crippen LogP contribution >= 0.6 is 0 Å². The van der Waals surface area contributed by atoms with Gasteiger partial charge in [-0.2, -0.15) is 16.7 Å². The van der Waals surface area contributed by atoms with Gasteiger partial charge in [-0.15, -0.1) is 35.7 Å². The Morgan fingerprint density at radius 2 is 1.39 bits per heavy atom. The Kier molecular flexibility index (Phi) is 10.4. The molecule has 7 aromatic rings. The van der Waals surface area contributed by atoms with Crippen LogP contribution in [0.2, 0.25) is 0 Å². The van der Waals surface area contributed by atoms with Gasteiger partial charge in [0.1, 0.15) is 5.82 Å². The van der Waals surface area contributed by atoms with Gasteiger partial charge in [0.05, 0.1) is 6.20 Å². The van der Waals surface area contributed by atoms with Crippen LogP contribution in [0, 0.1) is 39.8 Å². The van der Waals surface area contributed by atoms with E-state index in [0.29, 0.717) is 23.3 Å². The quantitative estimate of drug-likeness (QED) is 0.150. The Morgan fingerprint density at radius 1 is 0.685 bits per heavy atom. The fourth-order valence-electron chi connectivity index (χ4n) is 9.52. The van der Waals surface area contributed by atoms with E-state index in [9.17, 15) is 0 Å². The number of ether oxygens (including phenoxy) is 1. The van der Waals surface area contributed by atoms with E-state index >= 15 is 0 Å². The van der Waals surface area contributed by atoms with Crippen LogP contribution in [0.3, 0.4) is 0 Å². The van der Waals surface area contributed by atoms with Gasteiger partial charge in [-0.3, -0.25) is 4.68 Å². The number of fused-ring (bicyclic) bond motifs is 3.